The van der Waals surface area contributed by atoms with Gasteiger partial charge in [-0.3, -0.25) is 10.2 Å². The van der Waals surface area contributed by atoms with Crippen LogP contribution in [0, 0.1) is 22.9 Å². The van der Waals surface area contributed by atoms with E-state index in [-0.39, 0.29) is 68.2 Å². The Kier molecular flexibility index (Phi) is 8.16. The van der Waals surface area contributed by atoms with Gasteiger partial charge in [-0.1, -0.05) is 18.2 Å². The minimum Gasteiger partial charge on any atom is -0.488 e. The summed E-state index contributed by atoms with van der Waals surface area (Å²) in [5.41, 5.74) is -0.118. The third-order valence-corrected chi connectivity index (χ3v) is 6.67. The van der Waals surface area contributed by atoms with Crippen molar-refractivity contribution in [1.29, 1.82) is 5.41 Å². The molecule has 0 spiro atoms. The summed E-state index contributed by atoms with van der Waals surface area (Å²) in [5.74, 6) is -1.37. The van der Waals surface area contributed by atoms with Gasteiger partial charge in [0.2, 0.25) is 5.43 Å². The number of halogens is 3. The fourth-order valence-electron chi connectivity index (χ4n) is 4.78. The zero-order valence-electron chi connectivity index (χ0n) is 23.8. The molecule has 5 aromatic rings. The zero-order chi connectivity index (χ0) is 30.8. The van der Waals surface area contributed by atoms with Crippen LogP contribution < -0.4 is 20.8 Å². The number of hydrogen-bond acceptors (Lipinski definition) is 8. The fraction of sp³-hybridized carbons (Fsp3) is 0.188. The molecule has 220 valence electrons. The number of rotatable bonds is 9. The molecule has 0 saturated heterocycles. The summed E-state index contributed by atoms with van der Waals surface area (Å²) >= 11 is 0. The van der Waals surface area contributed by atoms with Crippen molar-refractivity contribution in [2.75, 3.05) is 17.7 Å². The van der Waals surface area contributed by atoms with Crippen LogP contribution >= 0.6 is 0 Å². The van der Waals surface area contributed by atoms with Gasteiger partial charge < -0.3 is 19.8 Å². The monoisotopic (exact) mass is 587 g/mol. The molecule has 0 aliphatic heterocycles. The van der Waals surface area contributed by atoms with E-state index in [9.17, 15) is 18.0 Å². The molecule has 5 rings (SSSR count). The molecule has 2 heterocycles. The number of hydrogen-bond donors (Lipinski definition) is 3. The smallest absolute Gasteiger partial charge is 0.203 e. The van der Waals surface area contributed by atoms with Crippen molar-refractivity contribution < 1.29 is 22.3 Å². The Balaban J connectivity index is 1.61. The largest absolute Gasteiger partial charge is 0.488 e. The summed E-state index contributed by atoms with van der Waals surface area (Å²) in [5, 5.41) is 14.8. The van der Waals surface area contributed by atoms with Crippen LogP contribution in [0.15, 0.2) is 76.2 Å². The van der Waals surface area contributed by atoms with E-state index in [1.54, 1.807) is 33.9 Å². The first-order chi connectivity index (χ1) is 20.6. The summed E-state index contributed by atoms with van der Waals surface area (Å²) in [4.78, 5) is 22.2. The summed E-state index contributed by atoms with van der Waals surface area (Å²) < 4.78 is 55.4. The summed E-state index contributed by atoms with van der Waals surface area (Å²) in [6, 6.07) is 12.8. The van der Waals surface area contributed by atoms with E-state index in [0.717, 1.165) is 6.07 Å². The number of fused-ring (bicyclic) bond motifs is 1. The lowest BCUT2D eigenvalue weighted by molar-refractivity contribution is 0.231. The lowest BCUT2D eigenvalue weighted by atomic mass is 9.98. The molecule has 0 bridgehead atoms. The van der Waals surface area contributed by atoms with Crippen molar-refractivity contribution in [3.8, 4) is 16.9 Å². The van der Waals surface area contributed by atoms with Crippen LogP contribution in [0.4, 0.5) is 24.8 Å². The van der Waals surface area contributed by atoms with E-state index in [0.29, 0.717) is 0 Å². The van der Waals surface area contributed by atoms with E-state index in [1.807, 2.05) is 0 Å². The van der Waals surface area contributed by atoms with Gasteiger partial charge >= 0.3 is 0 Å². The van der Waals surface area contributed by atoms with E-state index >= 15 is 0 Å². The number of anilines is 2. The van der Waals surface area contributed by atoms with Gasteiger partial charge in [0.1, 0.15) is 46.3 Å². The highest BCUT2D eigenvalue weighted by Crippen LogP contribution is 2.34. The Morgan fingerprint density at radius 2 is 1.70 bits per heavy atom. The van der Waals surface area contributed by atoms with Gasteiger partial charge in [0.25, 0.3) is 0 Å². The average Bonchev–Trinajstić information content (AvgIpc) is 2.97. The van der Waals surface area contributed by atoms with Crippen molar-refractivity contribution in [1.82, 2.24) is 9.97 Å². The predicted molar refractivity (Wildman–Crippen MR) is 160 cm³/mol. The van der Waals surface area contributed by atoms with Crippen molar-refractivity contribution in [2.45, 2.75) is 32.9 Å². The quantitative estimate of drug-likeness (QED) is 0.158. The maximum Gasteiger partial charge on any atom is 0.203 e. The molecule has 0 saturated carbocycles. The molecule has 0 amide bonds. The highest BCUT2D eigenvalue weighted by Gasteiger charge is 2.26. The molecular formula is C32H28F3N5O3. The second-order valence-corrected chi connectivity index (χ2v) is 10.0. The van der Waals surface area contributed by atoms with Gasteiger partial charge in [-0.05, 0) is 68.8 Å². The van der Waals surface area contributed by atoms with Crippen molar-refractivity contribution in [3.05, 3.63) is 112 Å². The SMILES string of the molecule is CNc1ncnc(NC(C)c2oc3cccc(F)c3c(=O)c2-c2cccc(F)c2)c1C(=N)c1ccc(OC(C)C)c(F)c1. The molecule has 43 heavy (non-hydrogen) atoms. The molecule has 3 N–H and O–H groups in total. The highest BCUT2D eigenvalue weighted by molar-refractivity contribution is 6.16. The number of nitrogens with one attached hydrogen (secondary N) is 3. The highest BCUT2D eigenvalue weighted by atomic mass is 19.1. The fourth-order valence-corrected chi connectivity index (χ4v) is 4.78. The number of nitrogens with zero attached hydrogens (tertiary/aromatic N) is 2. The van der Waals surface area contributed by atoms with Crippen molar-refractivity contribution in [3.63, 3.8) is 0 Å². The topological polar surface area (TPSA) is 113 Å². The minimum absolute atomic E-state index is 0.0135. The normalized spacial score (nSPS) is 11.9. The van der Waals surface area contributed by atoms with E-state index in [2.05, 4.69) is 20.6 Å². The first-order valence-corrected chi connectivity index (χ1v) is 13.4. The molecule has 2 aromatic heterocycles. The van der Waals surface area contributed by atoms with Crippen molar-refractivity contribution in [2.24, 2.45) is 0 Å². The van der Waals surface area contributed by atoms with Crippen LogP contribution in [-0.4, -0.2) is 28.8 Å². The third-order valence-electron chi connectivity index (χ3n) is 6.67. The first-order valence-electron chi connectivity index (χ1n) is 13.4. The molecule has 1 atom stereocenters. The first kappa shape index (κ1) is 29.3. The van der Waals surface area contributed by atoms with Gasteiger partial charge in [-0.15, -0.1) is 0 Å². The Morgan fingerprint density at radius 1 is 0.953 bits per heavy atom. The molecule has 0 aliphatic rings. The van der Waals surface area contributed by atoms with Gasteiger partial charge in [-0.25, -0.2) is 23.1 Å². The second kappa shape index (κ2) is 12.0. The zero-order valence-corrected chi connectivity index (χ0v) is 23.8. The number of benzene rings is 3. The maximum atomic E-state index is 14.8. The van der Waals surface area contributed by atoms with Crippen LogP contribution in [-0.2, 0) is 0 Å². The van der Waals surface area contributed by atoms with Crippen LogP contribution in [0.5, 0.6) is 5.75 Å². The van der Waals surface area contributed by atoms with Crippen LogP contribution in [0.1, 0.15) is 43.7 Å². The summed E-state index contributed by atoms with van der Waals surface area (Å²) in [7, 11) is 1.62. The molecular weight excluding hydrogens is 559 g/mol. The summed E-state index contributed by atoms with van der Waals surface area (Å²) in [6.07, 6.45) is 1.04. The van der Waals surface area contributed by atoms with Gasteiger partial charge in [0.05, 0.1) is 29.0 Å². The van der Waals surface area contributed by atoms with Crippen LogP contribution in [0.2, 0.25) is 0 Å². The Morgan fingerprint density at radius 3 is 2.40 bits per heavy atom. The molecule has 11 heteroatoms. The second-order valence-electron chi connectivity index (χ2n) is 10.0. The molecule has 8 nitrogen and oxygen atoms in total. The average molecular weight is 588 g/mol. The summed E-state index contributed by atoms with van der Waals surface area (Å²) in [6.45, 7) is 5.24. The lowest BCUT2D eigenvalue weighted by Gasteiger charge is -2.21. The van der Waals surface area contributed by atoms with Gasteiger partial charge in [0.15, 0.2) is 11.6 Å². The van der Waals surface area contributed by atoms with Crippen LogP contribution in [0.3, 0.4) is 0 Å². The Labute approximate surface area is 245 Å². The Hall–Kier alpha value is -5.19. The van der Waals surface area contributed by atoms with Crippen LogP contribution in [0.25, 0.3) is 22.1 Å². The van der Waals surface area contributed by atoms with E-state index in [4.69, 9.17) is 14.6 Å². The Bertz CT molecular complexity index is 1910. The van der Waals surface area contributed by atoms with Gasteiger partial charge in [0, 0.05) is 12.6 Å². The number of ether oxygens (including phenoxy) is 1. The molecule has 0 fully saturated rings. The lowest BCUT2D eigenvalue weighted by Crippen LogP contribution is -2.19. The molecule has 0 aliphatic carbocycles. The van der Waals surface area contributed by atoms with Gasteiger partial charge in [-0.2, -0.15) is 0 Å². The van der Waals surface area contributed by atoms with E-state index < -0.39 is 28.9 Å². The minimum atomic E-state index is -0.802. The van der Waals surface area contributed by atoms with E-state index in [1.165, 1.54) is 54.9 Å². The predicted octanol–water partition coefficient (Wildman–Crippen LogP) is 7.09. The number of aromatic nitrogens is 2. The molecule has 1 unspecified atom stereocenters. The maximum absolute atomic E-state index is 14.8. The van der Waals surface area contributed by atoms with Crippen molar-refractivity contribution >= 4 is 28.3 Å². The molecule has 0 radical (unpaired) electrons. The molecule has 3 aromatic carbocycles. The third kappa shape index (κ3) is 5.78. The standard InChI is InChI=1S/C32H28F3N5O3/c1-16(2)42-23-12-11-19(14-22(23)35)28(36)27-31(37-4)38-15-39-32(27)40-17(3)30-25(18-7-5-8-20(33)13-18)29(41)26-21(34)9-6-10-24(26)43-30/h5-17,36H,1-4H3,(H2,37,38,39,40).